The van der Waals surface area contributed by atoms with E-state index in [1.807, 2.05) is 38.1 Å². The van der Waals surface area contributed by atoms with E-state index < -0.39 is 6.10 Å². The number of aromatic hydroxyl groups is 1. The molecular formula is C16H18O2. The molecule has 2 aromatic rings. The van der Waals surface area contributed by atoms with Crippen LogP contribution in [0.5, 0.6) is 5.75 Å². The molecule has 18 heavy (non-hydrogen) atoms. The van der Waals surface area contributed by atoms with E-state index >= 15 is 0 Å². The second-order valence-electron chi connectivity index (χ2n) is 4.75. The van der Waals surface area contributed by atoms with Gasteiger partial charge in [-0.05, 0) is 42.7 Å². The van der Waals surface area contributed by atoms with Gasteiger partial charge in [0.15, 0.2) is 0 Å². The molecule has 0 saturated carbocycles. The maximum Gasteiger partial charge on any atom is 0.115 e. The van der Waals surface area contributed by atoms with Gasteiger partial charge in [-0.25, -0.2) is 0 Å². The summed E-state index contributed by atoms with van der Waals surface area (Å²) in [6, 6.07) is 13.1. The normalized spacial score (nSPS) is 12.4. The van der Waals surface area contributed by atoms with E-state index in [0.717, 1.165) is 22.3 Å². The van der Waals surface area contributed by atoms with Crippen LogP contribution >= 0.6 is 0 Å². The average Bonchev–Trinajstić information content (AvgIpc) is 2.32. The molecule has 1 unspecified atom stereocenters. The third kappa shape index (κ3) is 2.90. The van der Waals surface area contributed by atoms with Gasteiger partial charge in [-0.3, -0.25) is 0 Å². The first kappa shape index (κ1) is 12.7. The number of phenols is 1. The van der Waals surface area contributed by atoms with Gasteiger partial charge >= 0.3 is 0 Å². The summed E-state index contributed by atoms with van der Waals surface area (Å²) in [6.07, 6.45) is -0.0229. The highest BCUT2D eigenvalue weighted by molar-refractivity contribution is 5.34. The van der Waals surface area contributed by atoms with Crippen molar-refractivity contribution in [3.05, 3.63) is 64.7 Å². The van der Waals surface area contributed by atoms with Crippen LogP contribution in [-0.4, -0.2) is 10.2 Å². The second-order valence-corrected chi connectivity index (χ2v) is 4.75. The topological polar surface area (TPSA) is 40.5 Å². The number of hydrogen-bond acceptors (Lipinski definition) is 2. The van der Waals surface area contributed by atoms with Crippen molar-refractivity contribution < 1.29 is 10.2 Å². The summed E-state index contributed by atoms with van der Waals surface area (Å²) in [5.74, 6) is 0.237. The van der Waals surface area contributed by atoms with E-state index in [4.69, 9.17) is 0 Å². The highest BCUT2D eigenvalue weighted by Crippen LogP contribution is 2.24. The number of aryl methyl sites for hydroxylation is 2. The molecule has 0 radical (unpaired) electrons. The molecule has 1 atom stereocenters. The van der Waals surface area contributed by atoms with Gasteiger partial charge in [-0.1, -0.05) is 35.9 Å². The molecule has 2 N–H and O–H groups in total. The van der Waals surface area contributed by atoms with Crippen LogP contribution in [0.4, 0.5) is 0 Å². The smallest absolute Gasteiger partial charge is 0.115 e. The Bertz CT molecular complexity index is 547. The lowest BCUT2D eigenvalue weighted by Gasteiger charge is -2.14. The summed E-state index contributed by atoms with van der Waals surface area (Å²) < 4.78 is 0. The molecule has 0 amide bonds. The maximum absolute atomic E-state index is 10.3. The highest BCUT2D eigenvalue weighted by atomic mass is 16.3. The van der Waals surface area contributed by atoms with Gasteiger partial charge in [0.05, 0.1) is 6.10 Å². The maximum atomic E-state index is 10.3. The van der Waals surface area contributed by atoms with Crippen LogP contribution in [0, 0.1) is 13.8 Å². The molecule has 2 rings (SSSR count). The SMILES string of the molecule is Cc1ccc(C)c(C(O)Cc2cccc(O)c2)c1. The number of benzene rings is 2. The number of hydrogen-bond donors (Lipinski definition) is 2. The van der Waals surface area contributed by atoms with Crippen molar-refractivity contribution in [3.8, 4) is 5.75 Å². The van der Waals surface area contributed by atoms with Crippen molar-refractivity contribution in [1.82, 2.24) is 0 Å². The molecule has 0 aromatic heterocycles. The molecule has 0 aliphatic carbocycles. The van der Waals surface area contributed by atoms with Crippen LogP contribution < -0.4 is 0 Å². The lowest BCUT2D eigenvalue weighted by atomic mass is 9.96. The minimum Gasteiger partial charge on any atom is -0.508 e. The van der Waals surface area contributed by atoms with Crippen molar-refractivity contribution in [1.29, 1.82) is 0 Å². The van der Waals surface area contributed by atoms with Crippen molar-refractivity contribution in [2.45, 2.75) is 26.4 Å². The molecule has 2 heteroatoms. The van der Waals surface area contributed by atoms with Crippen LogP contribution in [0.15, 0.2) is 42.5 Å². The number of rotatable bonds is 3. The van der Waals surface area contributed by atoms with E-state index in [9.17, 15) is 10.2 Å². The Morgan fingerprint density at radius 3 is 2.56 bits per heavy atom. The van der Waals surface area contributed by atoms with Gasteiger partial charge in [0.2, 0.25) is 0 Å². The largest absolute Gasteiger partial charge is 0.508 e. The predicted octanol–water partition coefficient (Wildman–Crippen LogP) is 3.29. The van der Waals surface area contributed by atoms with Crippen LogP contribution in [0.3, 0.4) is 0 Å². The lowest BCUT2D eigenvalue weighted by Crippen LogP contribution is -2.04. The molecule has 94 valence electrons. The number of aliphatic hydroxyl groups is 1. The summed E-state index contributed by atoms with van der Waals surface area (Å²) in [7, 11) is 0. The standard InChI is InChI=1S/C16H18O2/c1-11-6-7-12(2)15(8-11)16(18)10-13-4-3-5-14(17)9-13/h3-9,16-18H,10H2,1-2H3. The second kappa shape index (κ2) is 5.23. The Morgan fingerprint density at radius 1 is 1.06 bits per heavy atom. The molecule has 0 aliphatic rings. The number of aliphatic hydroxyl groups excluding tert-OH is 1. The Kier molecular flexibility index (Phi) is 3.68. The lowest BCUT2D eigenvalue weighted by molar-refractivity contribution is 0.177. The van der Waals surface area contributed by atoms with Crippen LogP contribution in [0.1, 0.15) is 28.4 Å². The van der Waals surface area contributed by atoms with Gasteiger partial charge in [-0.2, -0.15) is 0 Å². The summed E-state index contributed by atoms with van der Waals surface area (Å²) in [5.41, 5.74) is 4.13. The third-order valence-electron chi connectivity index (χ3n) is 3.13. The van der Waals surface area contributed by atoms with Gasteiger partial charge < -0.3 is 10.2 Å². The Hall–Kier alpha value is -1.80. The van der Waals surface area contributed by atoms with Crippen molar-refractivity contribution in [2.24, 2.45) is 0 Å². The van der Waals surface area contributed by atoms with E-state index in [0.29, 0.717) is 6.42 Å². The Balaban J connectivity index is 2.21. The Morgan fingerprint density at radius 2 is 1.83 bits per heavy atom. The third-order valence-corrected chi connectivity index (χ3v) is 3.13. The Labute approximate surface area is 108 Å². The van der Waals surface area contributed by atoms with E-state index in [1.54, 1.807) is 18.2 Å². The van der Waals surface area contributed by atoms with E-state index in [-0.39, 0.29) is 5.75 Å². The first-order valence-electron chi connectivity index (χ1n) is 6.09. The predicted molar refractivity (Wildman–Crippen MR) is 72.7 cm³/mol. The molecule has 0 aliphatic heterocycles. The van der Waals surface area contributed by atoms with Crippen LogP contribution in [0.25, 0.3) is 0 Å². The zero-order chi connectivity index (χ0) is 13.1. The van der Waals surface area contributed by atoms with Gasteiger partial charge in [-0.15, -0.1) is 0 Å². The van der Waals surface area contributed by atoms with Gasteiger partial charge in [0.1, 0.15) is 5.75 Å². The fourth-order valence-corrected chi connectivity index (χ4v) is 2.14. The van der Waals surface area contributed by atoms with Crippen LogP contribution in [-0.2, 0) is 6.42 Å². The van der Waals surface area contributed by atoms with Crippen LogP contribution in [0.2, 0.25) is 0 Å². The number of phenolic OH excluding ortho intramolecular Hbond substituents is 1. The molecule has 0 spiro atoms. The van der Waals surface area contributed by atoms with Crippen molar-refractivity contribution in [2.75, 3.05) is 0 Å². The minimum absolute atomic E-state index is 0.237. The summed E-state index contributed by atoms with van der Waals surface area (Å²) in [4.78, 5) is 0. The fraction of sp³-hybridized carbons (Fsp3) is 0.250. The minimum atomic E-state index is -0.535. The molecule has 0 fully saturated rings. The first-order valence-corrected chi connectivity index (χ1v) is 6.09. The van der Waals surface area contributed by atoms with Crippen molar-refractivity contribution in [3.63, 3.8) is 0 Å². The molecule has 2 nitrogen and oxygen atoms in total. The monoisotopic (exact) mass is 242 g/mol. The van der Waals surface area contributed by atoms with Gasteiger partial charge in [0.25, 0.3) is 0 Å². The van der Waals surface area contributed by atoms with Crippen molar-refractivity contribution >= 4 is 0 Å². The molecule has 0 heterocycles. The van der Waals surface area contributed by atoms with E-state index in [2.05, 4.69) is 0 Å². The van der Waals surface area contributed by atoms with Gasteiger partial charge in [0, 0.05) is 6.42 Å². The molecular weight excluding hydrogens is 224 g/mol. The zero-order valence-corrected chi connectivity index (χ0v) is 10.7. The fourth-order valence-electron chi connectivity index (χ4n) is 2.14. The summed E-state index contributed by atoms with van der Waals surface area (Å²) >= 11 is 0. The molecule has 2 aromatic carbocycles. The highest BCUT2D eigenvalue weighted by Gasteiger charge is 2.11. The zero-order valence-electron chi connectivity index (χ0n) is 10.7. The quantitative estimate of drug-likeness (QED) is 0.867. The summed E-state index contributed by atoms with van der Waals surface area (Å²) in [6.45, 7) is 4.02. The first-order chi connectivity index (χ1) is 8.56. The summed E-state index contributed by atoms with van der Waals surface area (Å²) in [5, 5.41) is 19.7. The molecule has 0 saturated heterocycles. The van der Waals surface area contributed by atoms with E-state index in [1.165, 1.54) is 0 Å². The average molecular weight is 242 g/mol. The molecule has 0 bridgehead atoms.